The predicted molar refractivity (Wildman–Crippen MR) is 123 cm³/mol. The molecule has 5 nitrogen and oxygen atoms in total. The molecule has 0 aromatic heterocycles. The van der Waals surface area contributed by atoms with Crippen LogP contribution in [-0.2, 0) is 26.8 Å². The monoisotopic (exact) mass is 434 g/mol. The number of amides is 1. The van der Waals surface area contributed by atoms with Crippen LogP contribution in [0.25, 0.3) is 0 Å². The lowest BCUT2D eigenvalue weighted by Crippen LogP contribution is -2.31. The third-order valence-corrected chi connectivity index (χ3v) is 6.08. The largest absolute Gasteiger partial charge is 0.352 e. The number of carbonyl (C=O) groups excluding carboxylic acids is 1. The number of hydrogen-bond acceptors (Lipinski definition) is 4. The molecule has 158 valence electrons. The maximum atomic E-state index is 12.6. The van der Waals surface area contributed by atoms with Gasteiger partial charge in [-0.3, -0.25) is 9.52 Å². The van der Waals surface area contributed by atoms with Crippen LogP contribution in [0.1, 0.15) is 49.6 Å². The van der Waals surface area contributed by atoms with Crippen molar-refractivity contribution >= 4 is 34.2 Å². The molecule has 2 atom stereocenters. The van der Waals surface area contributed by atoms with E-state index < -0.39 is 10.0 Å². The molecule has 7 heteroatoms. The summed E-state index contributed by atoms with van der Waals surface area (Å²) in [6.07, 6.45) is 1.10. The van der Waals surface area contributed by atoms with E-state index in [2.05, 4.69) is 55.6 Å². The first-order chi connectivity index (χ1) is 13.4. The normalized spacial score (nSPS) is 14.1. The van der Waals surface area contributed by atoms with Gasteiger partial charge in [-0.1, -0.05) is 64.1 Å². The molecule has 0 fully saturated rings. The number of hydrogen-bond donors (Lipinski definition) is 3. The maximum absolute atomic E-state index is 12.6. The molecule has 0 aliphatic heterocycles. The average molecular weight is 435 g/mol. The van der Waals surface area contributed by atoms with Gasteiger partial charge < -0.3 is 5.32 Å². The Labute approximate surface area is 179 Å². The van der Waals surface area contributed by atoms with Crippen molar-refractivity contribution in [1.82, 2.24) is 5.32 Å². The van der Waals surface area contributed by atoms with Crippen molar-refractivity contribution in [3.63, 3.8) is 0 Å². The zero-order valence-electron chi connectivity index (χ0n) is 17.6. The lowest BCUT2D eigenvalue weighted by atomic mass is 9.86. The molecule has 0 bridgehead atoms. The number of carbonyl (C=O) groups is 1. The Morgan fingerprint density at radius 2 is 1.59 bits per heavy atom. The fraction of sp³-hybridized carbons (Fsp3) is 0.409. The number of benzene rings is 2. The molecule has 29 heavy (non-hydrogen) atoms. The molecular weight excluding hydrogens is 404 g/mol. The molecule has 0 saturated heterocycles. The van der Waals surface area contributed by atoms with Gasteiger partial charge >= 0.3 is 0 Å². The minimum absolute atomic E-state index is 0.0803. The minimum atomic E-state index is -3.30. The van der Waals surface area contributed by atoms with Crippen LogP contribution >= 0.6 is 12.6 Å². The summed E-state index contributed by atoms with van der Waals surface area (Å²) in [5.41, 5.74) is 3.72. The number of sulfonamides is 1. The molecule has 0 spiro atoms. The first-order valence-electron chi connectivity index (χ1n) is 9.50. The van der Waals surface area contributed by atoms with Gasteiger partial charge in [0.2, 0.25) is 15.9 Å². The molecule has 2 aromatic carbocycles. The van der Waals surface area contributed by atoms with Gasteiger partial charge in [-0.05, 0) is 34.2 Å². The Morgan fingerprint density at radius 3 is 2.07 bits per heavy atom. The molecule has 0 aliphatic rings. The van der Waals surface area contributed by atoms with Gasteiger partial charge in [0.1, 0.15) is 0 Å². The van der Waals surface area contributed by atoms with Crippen molar-refractivity contribution in [2.75, 3.05) is 11.0 Å². The van der Waals surface area contributed by atoms with E-state index in [1.165, 1.54) is 5.56 Å². The molecule has 0 heterocycles. The fourth-order valence-corrected chi connectivity index (χ4v) is 3.74. The van der Waals surface area contributed by atoms with Crippen LogP contribution in [0.4, 0.5) is 5.69 Å². The zero-order valence-corrected chi connectivity index (χ0v) is 19.3. The van der Waals surface area contributed by atoms with Gasteiger partial charge in [-0.25, -0.2) is 8.42 Å². The predicted octanol–water partition coefficient (Wildman–Crippen LogP) is 4.28. The molecule has 0 saturated carbocycles. The number of nitrogens with one attached hydrogen (secondary N) is 2. The Morgan fingerprint density at radius 1 is 1.03 bits per heavy atom. The van der Waals surface area contributed by atoms with E-state index >= 15 is 0 Å². The summed E-state index contributed by atoms with van der Waals surface area (Å²) in [6, 6.07) is 15.2. The highest BCUT2D eigenvalue weighted by Gasteiger charge is 2.23. The highest BCUT2D eigenvalue weighted by Crippen LogP contribution is 2.31. The van der Waals surface area contributed by atoms with Gasteiger partial charge in [0.05, 0.1) is 12.2 Å². The van der Waals surface area contributed by atoms with Gasteiger partial charge in [-0.2, -0.15) is 12.6 Å². The van der Waals surface area contributed by atoms with Crippen LogP contribution in [0.5, 0.6) is 0 Å². The summed E-state index contributed by atoms with van der Waals surface area (Å²) in [7, 11) is -3.30. The van der Waals surface area contributed by atoms with Crippen LogP contribution in [0.3, 0.4) is 0 Å². The van der Waals surface area contributed by atoms with Crippen molar-refractivity contribution in [1.29, 1.82) is 0 Å². The second-order valence-electron chi connectivity index (χ2n) is 8.39. The van der Waals surface area contributed by atoms with E-state index in [1.807, 2.05) is 19.1 Å². The summed E-state index contributed by atoms with van der Waals surface area (Å²) in [5.74, 6) is -0.381. The molecule has 2 unspecified atom stereocenters. The van der Waals surface area contributed by atoms with Crippen molar-refractivity contribution in [2.45, 2.75) is 44.9 Å². The summed E-state index contributed by atoms with van der Waals surface area (Å²) in [6.45, 7) is 8.73. The van der Waals surface area contributed by atoms with Crippen LogP contribution in [-0.4, -0.2) is 20.6 Å². The minimum Gasteiger partial charge on any atom is -0.352 e. The molecule has 2 rings (SSSR count). The van der Waals surface area contributed by atoms with Crippen molar-refractivity contribution in [3.8, 4) is 0 Å². The highest BCUT2D eigenvalue weighted by molar-refractivity contribution is 7.92. The van der Waals surface area contributed by atoms with E-state index in [1.54, 1.807) is 24.3 Å². The zero-order chi connectivity index (χ0) is 21.8. The van der Waals surface area contributed by atoms with Crippen molar-refractivity contribution in [3.05, 3.63) is 65.2 Å². The van der Waals surface area contributed by atoms with Crippen LogP contribution in [0.2, 0.25) is 0 Å². The van der Waals surface area contributed by atoms with Gasteiger partial charge in [0.25, 0.3) is 0 Å². The van der Waals surface area contributed by atoms with Gasteiger partial charge in [0.15, 0.2) is 0 Å². The Balaban J connectivity index is 1.94. The molecular formula is C22H30N2O3S2. The summed E-state index contributed by atoms with van der Waals surface area (Å²) in [4.78, 5) is 12.6. The first kappa shape index (κ1) is 23.3. The third-order valence-electron chi connectivity index (χ3n) is 4.73. The maximum Gasteiger partial charge on any atom is 0.229 e. The van der Waals surface area contributed by atoms with E-state index in [9.17, 15) is 13.2 Å². The third kappa shape index (κ3) is 7.08. The second kappa shape index (κ2) is 9.22. The average Bonchev–Trinajstić information content (AvgIpc) is 2.64. The summed E-state index contributed by atoms with van der Waals surface area (Å²) in [5, 5.41) is 2.72. The first-order valence-corrected chi connectivity index (χ1v) is 11.9. The fourth-order valence-electron chi connectivity index (χ4n) is 2.87. The quantitative estimate of drug-likeness (QED) is 0.570. The lowest BCUT2D eigenvalue weighted by molar-refractivity contribution is -0.124. The van der Waals surface area contributed by atoms with E-state index in [0.29, 0.717) is 12.2 Å². The number of anilines is 1. The smallest absolute Gasteiger partial charge is 0.229 e. The highest BCUT2D eigenvalue weighted by atomic mass is 32.2. The van der Waals surface area contributed by atoms with Crippen molar-refractivity contribution < 1.29 is 13.2 Å². The SMILES string of the molecule is CC(C(=O)NCc1ccc(NS(C)(=O)=O)cc1)C(S)c1ccc(C(C)(C)C)cc1. The molecule has 2 aromatic rings. The Kier molecular flexibility index (Phi) is 7.40. The van der Waals surface area contributed by atoms with E-state index in [4.69, 9.17) is 0 Å². The molecule has 2 N–H and O–H groups in total. The van der Waals surface area contributed by atoms with Crippen LogP contribution in [0.15, 0.2) is 48.5 Å². The van der Waals surface area contributed by atoms with Gasteiger partial charge in [0, 0.05) is 17.5 Å². The van der Waals surface area contributed by atoms with Gasteiger partial charge in [-0.15, -0.1) is 0 Å². The molecule has 0 aliphatic carbocycles. The second-order valence-corrected chi connectivity index (χ2v) is 10.7. The number of rotatable bonds is 7. The molecule has 1 amide bonds. The summed E-state index contributed by atoms with van der Waals surface area (Å²) < 4.78 is 24.9. The summed E-state index contributed by atoms with van der Waals surface area (Å²) >= 11 is 4.67. The topological polar surface area (TPSA) is 75.3 Å². The number of thiol groups is 1. The standard InChI is InChI=1S/C22H30N2O3S2/c1-15(20(28)17-8-10-18(11-9-17)22(2,3)4)21(25)23-14-16-6-12-19(13-7-16)24-29(5,26)27/h6-13,15,20,24,28H,14H2,1-5H3,(H,23,25). The molecule has 0 radical (unpaired) electrons. The van der Waals surface area contributed by atoms with Crippen LogP contribution < -0.4 is 10.0 Å². The Hall–Kier alpha value is -1.99. The van der Waals surface area contributed by atoms with E-state index in [0.717, 1.165) is 17.4 Å². The lowest BCUT2D eigenvalue weighted by Gasteiger charge is -2.22. The Bertz CT molecular complexity index is 932. The van der Waals surface area contributed by atoms with Crippen molar-refractivity contribution in [2.24, 2.45) is 5.92 Å². The van der Waals surface area contributed by atoms with Crippen LogP contribution in [0, 0.1) is 5.92 Å². The van der Waals surface area contributed by atoms with E-state index in [-0.39, 0.29) is 22.5 Å².